The molecule has 0 aromatic heterocycles. The minimum Gasteiger partial charge on any atom is -0.301 e. The summed E-state index contributed by atoms with van der Waals surface area (Å²) < 4.78 is 26.5. The van der Waals surface area contributed by atoms with Crippen molar-refractivity contribution in [3.05, 3.63) is 35.4 Å². The molecule has 4 heteroatoms. The first-order valence-corrected chi connectivity index (χ1v) is 6.02. The Hall–Kier alpha value is -0.610. The molecule has 1 fully saturated rings. The standard InChI is InChI=1S/C11H13F2NS/c1-7-5-14-11(15-6-7)8-3-2-4-9(12)10(8)13/h2-4,7,11,14H,5-6H2,1H3. The van der Waals surface area contributed by atoms with Crippen molar-refractivity contribution in [2.24, 2.45) is 5.92 Å². The van der Waals surface area contributed by atoms with Crippen LogP contribution in [0.15, 0.2) is 18.2 Å². The van der Waals surface area contributed by atoms with E-state index in [9.17, 15) is 8.78 Å². The average Bonchev–Trinajstić information content (AvgIpc) is 2.24. The molecular formula is C11H13F2NS. The van der Waals surface area contributed by atoms with Crippen LogP contribution in [-0.4, -0.2) is 12.3 Å². The Bertz CT molecular complexity index is 348. The van der Waals surface area contributed by atoms with Gasteiger partial charge in [0.2, 0.25) is 0 Å². The number of hydrogen-bond donors (Lipinski definition) is 1. The molecule has 0 bridgehead atoms. The number of benzene rings is 1. The number of halogens is 2. The molecule has 2 unspecified atom stereocenters. The van der Waals surface area contributed by atoms with Crippen LogP contribution < -0.4 is 5.32 Å². The summed E-state index contributed by atoms with van der Waals surface area (Å²) >= 11 is 1.63. The quantitative estimate of drug-likeness (QED) is 0.794. The van der Waals surface area contributed by atoms with E-state index in [1.54, 1.807) is 23.9 Å². The van der Waals surface area contributed by atoms with E-state index in [0.29, 0.717) is 11.5 Å². The maximum absolute atomic E-state index is 13.5. The molecule has 0 amide bonds. The third-order valence-corrected chi connectivity index (χ3v) is 3.98. The summed E-state index contributed by atoms with van der Waals surface area (Å²) in [5.41, 5.74) is 0.423. The summed E-state index contributed by atoms with van der Waals surface area (Å²) in [6.07, 6.45) is 0. The molecule has 1 saturated heterocycles. The molecule has 15 heavy (non-hydrogen) atoms. The molecule has 1 aromatic carbocycles. The molecule has 2 rings (SSSR count). The second-order valence-electron chi connectivity index (χ2n) is 3.87. The van der Waals surface area contributed by atoms with Gasteiger partial charge in [0.25, 0.3) is 0 Å². The van der Waals surface area contributed by atoms with Crippen molar-refractivity contribution in [1.29, 1.82) is 0 Å². The maximum atomic E-state index is 13.5. The van der Waals surface area contributed by atoms with E-state index in [1.165, 1.54) is 0 Å². The molecule has 1 aromatic rings. The minimum absolute atomic E-state index is 0.114. The second kappa shape index (κ2) is 4.49. The van der Waals surface area contributed by atoms with Gasteiger partial charge in [0.05, 0.1) is 5.37 Å². The molecule has 1 heterocycles. The first kappa shape index (κ1) is 10.9. The van der Waals surface area contributed by atoms with Crippen LogP contribution in [0.25, 0.3) is 0 Å². The van der Waals surface area contributed by atoms with Crippen LogP contribution in [0.5, 0.6) is 0 Å². The van der Waals surface area contributed by atoms with Crippen molar-refractivity contribution < 1.29 is 8.78 Å². The molecular weight excluding hydrogens is 216 g/mol. The molecule has 1 aliphatic heterocycles. The van der Waals surface area contributed by atoms with Crippen molar-refractivity contribution >= 4 is 11.8 Å². The summed E-state index contributed by atoms with van der Waals surface area (Å²) in [6.45, 7) is 2.99. The van der Waals surface area contributed by atoms with E-state index in [4.69, 9.17) is 0 Å². The second-order valence-corrected chi connectivity index (χ2v) is 5.01. The Balaban J connectivity index is 2.19. The molecule has 1 aliphatic rings. The molecule has 1 N–H and O–H groups in total. The number of rotatable bonds is 1. The SMILES string of the molecule is CC1CNC(c2cccc(F)c2F)SC1. The van der Waals surface area contributed by atoms with Crippen LogP contribution in [0, 0.1) is 17.6 Å². The van der Waals surface area contributed by atoms with Crippen LogP contribution in [0.4, 0.5) is 8.78 Å². The Kier molecular flexibility index (Phi) is 3.26. The fourth-order valence-corrected chi connectivity index (χ4v) is 2.82. The lowest BCUT2D eigenvalue weighted by atomic mass is 10.1. The zero-order chi connectivity index (χ0) is 10.8. The van der Waals surface area contributed by atoms with Crippen molar-refractivity contribution in [2.45, 2.75) is 12.3 Å². The van der Waals surface area contributed by atoms with Gasteiger partial charge in [0, 0.05) is 5.56 Å². The molecule has 0 radical (unpaired) electrons. The van der Waals surface area contributed by atoms with E-state index in [1.807, 2.05) is 0 Å². The molecule has 82 valence electrons. The lowest BCUT2D eigenvalue weighted by Crippen LogP contribution is -2.31. The minimum atomic E-state index is -0.770. The monoisotopic (exact) mass is 229 g/mol. The van der Waals surface area contributed by atoms with Crippen LogP contribution in [0.2, 0.25) is 0 Å². The van der Waals surface area contributed by atoms with Gasteiger partial charge in [-0.15, -0.1) is 11.8 Å². The van der Waals surface area contributed by atoms with Crippen molar-refractivity contribution in [1.82, 2.24) is 5.32 Å². The lowest BCUT2D eigenvalue weighted by Gasteiger charge is -2.27. The van der Waals surface area contributed by atoms with Gasteiger partial charge in [-0.2, -0.15) is 0 Å². The zero-order valence-electron chi connectivity index (χ0n) is 8.47. The van der Waals surface area contributed by atoms with E-state index in [0.717, 1.165) is 18.4 Å². The van der Waals surface area contributed by atoms with Gasteiger partial charge >= 0.3 is 0 Å². The van der Waals surface area contributed by atoms with E-state index in [2.05, 4.69) is 12.2 Å². The predicted molar refractivity (Wildman–Crippen MR) is 58.7 cm³/mol. The fraction of sp³-hybridized carbons (Fsp3) is 0.455. The smallest absolute Gasteiger partial charge is 0.164 e. The first-order valence-electron chi connectivity index (χ1n) is 4.97. The average molecular weight is 229 g/mol. The van der Waals surface area contributed by atoms with E-state index < -0.39 is 11.6 Å². The van der Waals surface area contributed by atoms with Crippen molar-refractivity contribution in [3.63, 3.8) is 0 Å². The van der Waals surface area contributed by atoms with Crippen LogP contribution >= 0.6 is 11.8 Å². The Morgan fingerprint density at radius 2 is 2.20 bits per heavy atom. The maximum Gasteiger partial charge on any atom is 0.164 e. The van der Waals surface area contributed by atoms with Crippen LogP contribution in [-0.2, 0) is 0 Å². The predicted octanol–water partition coefficient (Wildman–Crippen LogP) is 2.94. The van der Waals surface area contributed by atoms with E-state index >= 15 is 0 Å². The highest BCUT2D eigenvalue weighted by Gasteiger charge is 2.23. The van der Waals surface area contributed by atoms with Gasteiger partial charge in [-0.1, -0.05) is 19.1 Å². The highest BCUT2D eigenvalue weighted by molar-refractivity contribution is 7.99. The van der Waals surface area contributed by atoms with E-state index in [-0.39, 0.29) is 5.37 Å². The number of nitrogens with one attached hydrogen (secondary N) is 1. The molecule has 0 aliphatic carbocycles. The van der Waals surface area contributed by atoms with Gasteiger partial charge in [-0.3, -0.25) is 0 Å². The van der Waals surface area contributed by atoms with Crippen LogP contribution in [0.1, 0.15) is 17.9 Å². The topological polar surface area (TPSA) is 12.0 Å². The van der Waals surface area contributed by atoms with Crippen molar-refractivity contribution in [3.8, 4) is 0 Å². The van der Waals surface area contributed by atoms with Gasteiger partial charge < -0.3 is 5.32 Å². The van der Waals surface area contributed by atoms with Gasteiger partial charge in [0.1, 0.15) is 0 Å². The van der Waals surface area contributed by atoms with Gasteiger partial charge in [-0.05, 0) is 24.3 Å². The summed E-state index contributed by atoms with van der Waals surface area (Å²) in [7, 11) is 0. The highest BCUT2D eigenvalue weighted by Crippen LogP contribution is 2.33. The lowest BCUT2D eigenvalue weighted by molar-refractivity contribution is 0.477. The van der Waals surface area contributed by atoms with Crippen molar-refractivity contribution in [2.75, 3.05) is 12.3 Å². The Morgan fingerprint density at radius 1 is 1.40 bits per heavy atom. The number of thioether (sulfide) groups is 1. The normalized spacial score (nSPS) is 26.6. The largest absolute Gasteiger partial charge is 0.301 e. The third kappa shape index (κ3) is 2.32. The molecule has 1 nitrogen and oxygen atoms in total. The summed E-state index contributed by atoms with van der Waals surface area (Å²) in [6, 6.07) is 4.34. The Morgan fingerprint density at radius 3 is 2.87 bits per heavy atom. The fourth-order valence-electron chi connectivity index (χ4n) is 1.61. The van der Waals surface area contributed by atoms with Crippen LogP contribution in [0.3, 0.4) is 0 Å². The summed E-state index contributed by atoms with van der Waals surface area (Å²) in [5, 5.41) is 3.10. The number of hydrogen-bond acceptors (Lipinski definition) is 2. The molecule has 0 saturated carbocycles. The zero-order valence-corrected chi connectivity index (χ0v) is 9.28. The van der Waals surface area contributed by atoms with Gasteiger partial charge in [-0.25, -0.2) is 8.78 Å². The Labute approximate surface area is 92.3 Å². The molecule has 0 spiro atoms. The van der Waals surface area contributed by atoms with Gasteiger partial charge in [0.15, 0.2) is 11.6 Å². The molecule has 2 atom stereocenters. The first-order chi connectivity index (χ1) is 7.18. The summed E-state index contributed by atoms with van der Waals surface area (Å²) in [5.74, 6) is 0.0709. The highest BCUT2D eigenvalue weighted by atomic mass is 32.2. The summed E-state index contributed by atoms with van der Waals surface area (Å²) in [4.78, 5) is 0. The third-order valence-electron chi connectivity index (χ3n) is 2.46.